The molecule has 0 saturated heterocycles. The highest BCUT2D eigenvalue weighted by molar-refractivity contribution is 5.81. The Bertz CT molecular complexity index is 362. The van der Waals surface area contributed by atoms with Crippen molar-refractivity contribution in [2.45, 2.75) is 26.2 Å². The molecule has 0 aliphatic rings. The lowest BCUT2D eigenvalue weighted by Crippen LogP contribution is -2.30. The van der Waals surface area contributed by atoms with E-state index in [2.05, 4.69) is 0 Å². The van der Waals surface area contributed by atoms with Gasteiger partial charge in [0.25, 0.3) is 0 Å². The summed E-state index contributed by atoms with van der Waals surface area (Å²) in [6.45, 7) is 5.45. The van der Waals surface area contributed by atoms with Gasteiger partial charge >= 0.3 is 5.97 Å². The van der Waals surface area contributed by atoms with Crippen molar-refractivity contribution < 1.29 is 18.7 Å². The summed E-state index contributed by atoms with van der Waals surface area (Å²) in [4.78, 5) is 22.0. The number of aldehydes is 1. The first-order valence-corrected chi connectivity index (χ1v) is 4.75. The molecule has 0 aliphatic carbocycles. The van der Waals surface area contributed by atoms with Crippen molar-refractivity contribution in [2.75, 3.05) is 6.61 Å². The normalized spacial score (nSPS) is 11.1. The van der Waals surface area contributed by atoms with Gasteiger partial charge in [0.1, 0.15) is 11.2 Å². The van der Waals surface area contributed by atoms with E-state index >= 15 is 0 Å². The van der Waals surface area contributed by atoms with Crippen LogP contribution in [0, 0.1) is 0 Å². The molecule has 0 atom stereocenters. The Morgan fingerprint density at radius 2 is 2.20 bits per heavy atom. The molecule has 0 bridgehead atoms. The molecular weight excluding hydrogens is 196 g/mol. The lowest BCUT2D eigenvalue weighted by Gasteiger charge is -2.19. The van der Waals surface area contributed by atoms with E-state index in [0.717, 1.165) is 0 Å². The van der Waals surface area contributed by atoms with E-state index in [0.29, 0.717) is 18.7 Å². The molecule has 0 amide bonds. The van der Waals surface area contributed by atoms with Crippen LogP contribution in [0.5, 0.6) is 0 Å². The molecule has 4 heteroatoms. The third kappa shape index (κ3) is 2.26. The van der Waals surface area contributed by atoms with E-state index in [1.54, 1.807) is 26.8 Å². The van der Waals surface area contributed by atoms with Gasteiger partial charge in [0.05, 0.1) is 6.61 Å². The minimum absolute atomic E-state index is 0.211. The zero-order chi connectivity index (χ0) is 11.5. The van der Waals surface area contributed by atoms with Crippen LogP contribution >= 0.6 is 0 Å². The van der Waals surface area contributed by atoms with Crippen LogP contribution in [0.4, 0.5) is 0 Å². The van der Waals surface area contributed by atoms with Crippen molar-refractivity contribution in [1.29, 1.82) is 0 Å². The zero-order valence-corrected chi connectivity index (χ0v) is 9.07. The lowest BCUT2D eigenvalue weighted by molar-refractivity contribution is -0.149. The highest BCUT2D eigenvalue weighted by Gasteiger charge is 2.34. The van der Waals surface area contributed by atoms with Gasteiger partial charge in [-0.3, -0.25) is 9.59 Å². The number of furan rings is 1. The fraction of sp³-hybridized carbons (Fsp3) is 0.455. The van der Waals surface area contributed by atoms with E-state index in [4.69, 9.17) is 9.15 Å². The fourth-order valence-electron chi connectivity index (χ4n) is 1.16. The van der Waals surface area contributed by atoms with Crippen molar-refractivity contribution in [2.24, 2.45) is 0 Å². The average molecular weight is 210 g/mol. The molecule has 0 unspecified atom stereocenters. The second-order valence-corrected chi connectivity index (χ2v) is 3.67. The molecule has 1 aromatic heterocycles. The summed E-state index contributed by atoms with van der Waals surface area (Å²) in [7, 11) is 0. The number of hydrogen-bond acceptors (Lipinski definition) is 4. The Morgan fingerprint density at radius 1 is 1.53 bits per heavy atom. The summed E-state index contributed by atoms with van der Waals surface area (Å²) >= 11 is 0. The Kier molecular flexibility index (Phi) is 3.29. The largest absolute Gasteiger partial charge is 0.465 e. The smallest absolute Gasteiger partial charge is 0.319 e. The van der Waals surface area contributed by atoms with Crippen LogP contribution in [-0.4, -0.2) is 18.9 Å². The maximum Gasteiger partial charge on any atom is 0.319 e. The summed E-state index contributed by atoms with van der Waals surface area (Å²) in [6, 6.07) is 3.14. The maximum absolute atomic E-state index is 11.6. The summed E-state index contributed by atoms with van der Waals surface area (Å²) in [5, 5.41) is 0. The van der Waals surface area contributed by atoms with E-state index < -0.39 is 5.41 Å². The number of ether oxygens (including phenoxy) is 1. The van der Waals surface area contributed by atoms with E-state index in [1.165, 1.54) is 6.07 Å². The topological polar surface area (TPSA) is 56.5 Å². The van der Waals surface area contributed by atoms with Gasteiger partial charge < -0.3 is 9.15 Å². The van der Waals surface area contributed by atoms with Crippen molar-refractivity contribution in [3.8, 4) is 0 Å². The molecule has 1 aromatic rings. The molecule has 4 nitrogen and oxygen atoms in total. The SMILES string of the molecule is CCOC(=O)C(C)(C)c1ccc(C=O)o1. The number of carbonyl (C=O) groups excluding carboxylic acids is 2. The zero-order valence-electron chi connectivity index (χ0n) is 9.07. The Labute approximate surface area is 88.2 Å². The first kappa shape index (κ1) is 11.5. The van der Waals surface area contributed by atoms with Gasteiger partial charge in [-0.15, -0.1) is 0 Å². The molecule has 0 spiro atoms. The van der Waals surface area contributed by atoms with Gasteiger partial charge in [-0.1, -0.05) is 0 Å². The number of esters is 1. The van der Waals surface area contributed by atoms with Gasteiger partial charge in [0.15, 0.2) is 12.0 Å². The second-order valence-electron chi connectivity index (χ2n) is 3.67. The summed E-state index contributed by atoms with van der Waals surface area (Å²) in [5.74, 6) is 0.280. The van der Waals surface area contributed by atoms with Crippen LogP contribution in [0.2, 0.25) is 0 Å². The first-order valence-electron chi connectivity index (χ1n) is 4.75. The van der Waals surface area contributed by atoms with Gasteiger partial charge in [-0.25, -0.2) is 0 Å². The Hall–Kier alpha value is -1.58. The quantitative estimate of drug-likeness (QED) is 0.562. The van der Waals surface area contributed by atoms with Gasteiger partial charge in [-0.05, 0) is 32.9 Å². The number of rotatable bonds is 4. The number of carbonyl (C=O) groups is 2. The van der Waals surface area contributed by atoms with Crippen molar-refractivity contribution in [1.82, 2.24) is 0 Å². The number of hydrogen-bond donors (Lipinski definition) is 0. The van der Waals surface area contributed by atoms with Crippen LogP contribution < -0.4 is 0 Å². The van der Waals surface area contributed by atoms with Gasteiger partial charge in [-0.2, -0.15) is 0 Å². The molecule has 1 rings (SSSR count). The standard InChI is InChI=1S/C11H14O4/c1-4-14-10(13)11(2,3)9-6-5-8(7-12)15-9/h5-7H,4H2,1-3H3. The summed E-state index contributed by atoms with van der Waals surface area (Å²) < 4.78 is 10.1. The van der Waals surface area contributed by atoms with Crippen LogP contribution in [0.1, 0.15) is 37.1 Å². The third-order valence-corrected chi connectivity index (χ3v) is 2.14. The molecule has 0 radical (unpaired) electrons. The van der Waals surface area contributed by atoms with E-state index in [-0.39, 0.29) is 11.7 Å². The van der Waals surface area contributed by atoms with E-state index in [1.807, 2.05) is 0 Å². The highest BCUT2D eigenvalue weighted by Crippen LogP contribution is 2.26. The third-order valence-electron chi connectivity index (χ3n) is 2.14. The average Bonchev–Trinajstić information content (AvgIpc) is 2.66. The minimum Gasteiger partial charge on any atom is -0.465 e. The van der Waals surface area contributed by atoms with E-state index in [9.17, 15) is 9.59 Å². The van der Waals surface area contributed by atoms with Crippen molar-refractivity contribution >= 4 is 12.3 Å². The predicted octanol–water partition coefficient (Wildman–Crippen LogP) is 1.93. The van der Waals surface area contributed by atoms with Crippen LogP contribution in [-0.2, 0) is 14.9 Å². The second kappa shape index (κ2) is 4.29. The molecule has 0 fully saturated rings. The molecule has 0 aliphatic heterocycles. The molecule has 1 heterocycles. The van der Waals surface area contributed by atoms with Crippen LogP contribution in [0.15, 0.2) is 16.5 Å². The molecule has 0 N–H and O–H groups in total. The molecule has 82 valence electrons. The lowest BCUT2D eigenvalue weighted by atomic mass is 9.91. The molecule has 0 aromatic carbocycles. The van der Waals surface area contributed by atoms with Gasteiger partial charge in [0, 0.05) is 0 Å². The predicted molar refractivity (Wildman–Crippen MR) is 53.8 cm³/mol. The first-order chi connectivity index (χ1) is 7.02. The Morgan fingerprint density at radius 3 is 2.67 bits per heavy atom. The van der Waals surface area contributed by atoms with Crippen molar-refractivity contribution in [3.63, 3.8) is 0 Å². The highest BCUT2D eigenvalue weighted by atomic mass is 16.5. The minimum atomic E-state index is -0.864. The molecular formula is C11H14O4. The summed E-state index contributed by atoms with van der Waals surface area (Å²) in [5.41, 5.74) is -0.864. The molecule has 15 heavy (non-hydrogen) atoms. The maximum atomic E-state index is 11.6. The van der Waals surface area contributed by atoms with Crippen LogP contribution in [0.3, 0.4) is 0 Å². The Balaban J connectivity index is 2.93. The summed E-state index contributed by atoms with van der Waals surface area (Å²) in [6.07, 6.45) is 0.602. The van der Waals surface area contributed by atoms with Crippen molar-refractivity contribution in [3.05, 3.63) is 23.7 Å². The molecule has 0 saturated carbocycles. The van der Waals surface area contributed by atoms with Gasteiger partial charge in [0.2, 0.25) is 0 Å². The fourth-order valence-corrected chi connectivity index (χ4v) is 1.16. The van der Waals surface area contributed by atoms with Crippen LogP contribution in [0.25, 0.3) is 0 Å². The monoisotopic (exact) mass is 210 g/mol.